The van der Waals surface area contributed by atoms with Crippen molar-refractivity contribution in [1.29, 1.82) is 0 Å². The second-order valence-electron chi connectivity index (χ2n) is 9.78. The van der Waals surface area contributed by atoms with Gasteiger partial charge in [-0.1, -0.05) is 38.8 Å². The second kappa shape index (κ2) is 4.18. The van der Waals surface area contributed by atoms with Crippen molar-refractivity contribution in [3.05, 3.63) is 35.4 Å². The number of hydrogen-bond acceptors (Lipinski definition) is 0. The highest BCUT2D eigenvalue weighted by atomic mass is 15.4. The SMILES string of the molecule is C#Cc1ccc(C[N+]23CC4(C)CC(C)(CC(C)(C4)C2)C3)cc1. The highest BCUT2D eigenvalue weighted by molar-refractivity contribution is 5.34. The zero-order chi connectivity index (χ0) is 15.6. The Balaban J connectivity index is 1.67. The Morgan fingerprint density at radius 1 is 0.909 bits per heavy atom. The van der Waals surface area contributed by atoms with Gasteiger partial charge in [-0.3, -0.25) is 0 Å². The lowest BCUT2D eigenvalue weighted by Gasteiger charge is -2.68. The number of terminal acetylenes is 1. The maximum Gasteiger partial charge on any atom is 0.104 e. The van der Waals surface area contributed by atoms with Crippen molar-refractivity contribution >= 4 is 0 Å². The van der Waals surface area contributed by atoms with Crippen molar-refractivity contribution in [3.8, 4) is 12.3 Å². The Morgan fingerprint density at radius 3 is 1.77 bits per heavy atom. The van der Waals surface area contributed by atoms with Crippen molar-refractivity contribution < 1.29 is 4.48 Å². The molecule has 4 fully saturated rings. The lowest BCUT2D eigenvalue weighted by Crippen LogP contribution is -2.73. The summed E-state index contributed by atoms with van der Waals surface area (Å²) in [4.78, 5) is 0. The van der Waals surface area contributed by atoms with Gasteiger partial charge in [0.15, 0.2) is 0 Å². The van der Waals surface area contributed by atoms with E-state index in [0.29, 0.717) is 16.2 Å². The van der Waals surface area contributed by atoms with E-state index in [4.69, 9.17) is 6.42 Å². The van der Waals surface area contributed by atoms with Gasteiger partial charge in [-0.15, -0.1) is 6.42 Å². The van der Waals surface area contributed by atoms with Crippen LogP contribution < -0.4 is 0 Å². The molecule has 0 amide bonds. The molecule has 1 heteroatoms. The number of hydrogen-bond donors (Lipinski definition) is 0. The molecule has 1 nitrogen and oxygen atoms in total. The number of rotatable bonds is 2. The molecule has 0 atom stereocenters. The highest BCUT2D eigenvalue weighted by Crippen LogP contribution is 2.64. The van der Waals surface area contributed by atoms with Gasteiger partial charge in [0.25, 0.3) is 0 Å². The molecular weight excluding hydrogens is 266 g/mol. The maximum absolute atomic E-state index is 5.49. The van der Waals surface area contributed by atoms with Gasteiger partial charge in [0.2, 0.25) is 0 Å². The first-order chi connectivity index (χ1) is 10.3. The number of quaternary nitrogens is 1. The van der Waals surface area contributed by atoms with E-state index in [2.05, 4.69) is 51.0 Å². The van der Waals surface area contributed by atoms with Crippen LogP contribution in [0.3, 0.4) is 0 Å². The van der Waals surface area contributed by atoms with E-state index in [1.165, 1.54) is 55.5 Å². The van der Waals surface area contributed by atoms with Crippen LogP contribution in [0.1, 0.15) is 51.2 Å². The predicted octanol–water partition coefficient (Wildman–Crippen LogP) is 4.21. The van der Waals surface area contributed by atoms with Crippen LogP contribution in [0.25, 0.3) is 0 Å². The number of nitrogens with zero attached hydrogens (tertiary/aromatic N) is 1. The topological polar surface area (TPSA) is 0 Å². The monoisotopic (exact) mass is 294 g/mol. The number of piperidine rings is 3. The molecule has 0 aromatic heterocycles. The van der Waals surface area contributed by atoms with E-state index in [9.17, 15) is 0 Å². The summed E-state index contributed by atoms with van der Waals surface area (Å²) in [5.74, 6) is 2.73. The van der Waals surface area contributed by atoms with Crippen LogP contribution >= 0.6 is 0 Å². The summed E-state index contributed by atoms with van der Waals surface area (Å²) < 4.78 is 1.30. The largest absolute Gasteiger partial charge is 0.319 e. The summed E-state index contributed by atoms with van der Waals surface area (Å²) in [6.45, 7) is 12.9. The van der Waals surface area contributed by atoms with Crippen LogP contribution in [0.4, 0.5) is 0 Å². The fourth-order valence-corrected chi connectivity index (χ4v) is 7.47. The minimum Gasteiger partial charge on any atom is -0.319 e. The van der Waals surface area contributed by atoms with Crippen LogP contribution in [0.2, 0.25) is 0 Å². The van der Waals surface area contributed by atoms with Crippen LogP contribution in [-0.2, 0) is 6.54 Å². The van der Waals surface area contributed by atoms with Crippen LogP contribution in [0.5, 0.6) is 0 Å². The van der Waals surface area contributed by atoms with E-state index in [1.54, 1.807) is 0 Å². The van der Waals surface area contributed by atoms with Crippen molar-refractivity contribution in [2.24, 2.45) is 16.2 Å². The third-order valence-corrected chi connectivity index (χ3v) is 6.35. The molecule has 0 spiro atoms. The second-order valence-corrected chi connectivity index (χ2v) is 9.78. The molecule has 1 saturated carbocycles. The Morgan fingerprint density at radius 2 is 1.36 bits per heavy atom. The fraction of sp³-hybridized carbons (Fsp3) is 0.619. The van der Waals surface area contributed by atoms with Gasteiger partial charge < -0.3 is 4.48 Å². The summed E-state index contributed by atoms with van der Waals surface area (Å²) in [7, 11) is 0. The average molecular weight is 294 g/mol. The third kappa shape index (κ3) is 2.20. The molecule has 4 aliphatic rings. The molecule has 0 radical (unpaired) electrons. The molecule has 22 heavy (non-hydrogen) atoms. The van der Waals surface area contributed by atoms with Crippen molar-refractivity contribution in [2.75, 3.05) is 19.6 Å². The Labute approximate surface area is 135 Å². The van der Waals surface area contributed by atoms with Gasteiger partial charge in [0.05, 0.1) is 19.6 Å². The molecule has 1 aromatic rings. The summed E-state index contributed by atoms with van der Waals surface area (Å²) >= 11 is 0. The average Bonchev–Trinajstić information content (AvgIpc) is 2.33. The molecule has 3 aliphatic heterocycles. The van der Waals surface area contributed by atoms with Gasteiger partial charge in [-0.25, -0.2) is 0 Å². The fourth-order valence-electron chi connectivity index (χ4n) is 7.47. The molecule has 116 valence electrons. The summed E-state index contributed by atoms with van der Waals surface area (Å²) in [5, 5.41) is 0. The quantitative estimate of drug-likeness (QED) is 0.566. The zero-order valence-corrected chi connectivity index (χ0v) is 14.3. The van der Waals surface area contributed by atoms with E-state index in [0.717, 1.165) is 5.56 Å². The molecule has 4 bridgehead atoms. The predicted molar refractivity (Wildman–Crippen MR) is 91.1 cm³/mol. The third-order valence-electron chi connectivity index (χ3n) is 6.35. The van der Waals surface area contributed by atoms with Gasteiger partial charge in [-0.2, -0.15) is 0 Å². The zero-order valence-electron chi connectivity index (χ0n) is 14.3. The van der Waals surface area contributed by atoms with Crippen LogP contribution in [0.15, 0.2) is 24.3 Å². The lowest BCUT2D eigenvalue weighted by molar-refractivity contribution is -0.978. The highest BCUT2D eigenvalue weighted by Gasteiger charge is 2.65. The van der Waals surface area contributed by atoms with E-state index >= 15 is 0 Å². The van der Waals surface area contributed by atoms with Gasteiger partial charge in [0, 0.05) is 27.4 Å². The van der Waals surface area contributed by atoms with E-state index in [1.807, 2.05) is 0 Å². The first-order valence-electron chi connectivity index (χ1n) is 8.66. The van der Waals surface area contributed by atoms with Gasteiger partial charge >= 0.3 is 0 Å². The Bertz CT molecular complexity index is 594. The Hall–Kier alpha value is -1.26. The molecule has 3 saturated heterocycles. The summed E-state index contributed by atoms with van der Waals surface area (Å²) in [5.41, 5.74) is 4.11. The van der Waals surface area contributed by atoms with Crippen molar-refractivity contribution in [2.45, 2.75) is 46.6 Å². The molecular formula is C21H28N+. The van der Waals surface area contributed by atoms with E-state index < -0.39 is 0 Å². The first kappa shape index (κ1) is 14.3. The van der Waals surface area contributed by atoms with Gasteiger partial charge in [-0.05, 0) is 31.4 Å². The van der Waals surface area contributed by atoms with Crippen LogP contribution in [-0.4, -0.2) is 24.1 Å². The van der Waals surface area contributed by atoms with Gasteiger partial charge in [0.1, 0.15) is 6.54 Å². The minimum absolute atomic E-state index is 0.553. The first-order valence-corrected chi connectivity index (χ1v) is 8.66. The lowest BCUT2D eigenvalue weighted by atomic mass is 9.48. The van der Waals surface area contributed by atoms with E-state index in [-0.39, 0.29) is 0 Å². The summed E-state index contributed by atoms with van der Waals surface area (Å²) in [6.07, 6.45) is 9.79. The molecule has 5 rings (SSSR count). The summed E-state index contributed by atoms with van der Waals surface area (Å²) in [6, 6.07) is 8.70. The number of benzene rings is 1. The molecule has 0 N–H and O–H groups in total. The van der Waals surface area contributed by atoms with Crippen molar-refractivity contribution in [1.82, 2.24) is 0 Å². The Kier molecular flexibility index (Phi) is 2.72. The standard InChI is InChI=1S/C21H28N/c1-5-17-6-8-18(9-7-17)10-22-14-19(2)11-20(3,15-22)13-21(4,12-19)16-22/h1,6-9H,10-16H2,2-4H3/q+1. The molecule has 1 aliphatic carbocycles. The normalized spacial score (nSPS) is 45.7. The smallest absolute Gasteiger partial charge is 0.104 e. The van der Waals surface area contributed by atoms with Crippen molar-refractivity contribution in [3.63, 3.8) is 0 Å². The minimum atomic E-state index is 0.553. The molecule has 3 heterocycles. The maximum atomic E-state index is 5.49. The molecule has 1 aromatic carbocycles. The molecule has 0 unspecified atom stereocenters. The van der Waals surface area contributed by atoms with Crippen LogP contribution in [0, 0.1) is 28.6 Å².